The summed E-state index contributed by atoms with van der Waals surface area (Å²) in [5.41, 5.74) is 0. The lowest BCUT2D eigenvalue weighted by Gasteiger charge is -2.41. The van der Waals surface area contributed by atoms with Crippen molar-refractivity contribution < 1.29 is 4.79 Å². The zero-order valence-electron chi connectivity index (χ0n) is 14.1. The van der Waals surface area contributed by atoms with E-state index in [9.17, 15) is 4.79 Å². The van der Waals surface area contributed by atoms with Crippen LogP contribution < -0.4 is 5.32 Å². The molecule has 2 heterocycles. The van der Waals surface area contributed by atoms with Crippen LogP contribution in [0.15, 0.2) is 0 Å². The Morgan fingerprint density at radius 3 is 2.33 bits per heavy atom. The fraction of sp³-hybridized carbons (Fsp3) is 0.941. The molecule has 122 valence electrons. The fourth-order valence-corrected chi connectivity index (χ4v) is 4.02. The molecule has 2 aliphatic rings. The number of nitrogens with one attached hydrogen (secondary N) is 1. The van der Waals surface area contributed by atoms with Gasteiger partial charge in [-0.25, -0.2) is 0 Å². The lowest BCUT2D eigenvalue weighted by Crippen LogP contribution is -2.53. The van der Waals surface area contributed by atoms with Crippen molar-refractivity contribution in [2.24, 2.45) is 0 Å². The molecule has 2 atom stereocenters. The summed E-state index contributed by atoms with van der Waals surface area (Å²) in [7, 11) is 0. The maximum Gasteiger partial charge on any atom is 0.237 e. The minimum Gasteiger partial charge on any atom is -0.336 e. The molecule has 0 radical (unpaired) electrons. The molecule has 4 nitrogen and oxygen atoms in total. The normalized spacial score (nSPS) is 28.1. The summed E-state index contributed by atoms with van der Waals surface area (Å²) < 4.78 is 0. The number of piperidine rings is 2. The summed E-state index contributed by atoms with van der Waals surface area (Å²) in [4.78, 5) is 17.4. The van der Waals surface area contributed by atoms with E-state index in [0.717, 1.165) is 38.9 Å². The van der Waals surface area contributed by atoms with E-state index in [0.29, 0.717) is 30.6 Å². The first-order valence-corrected chi connectivity index (χ1v) is 8.89. The maximum atomic E-state index is 12.8. The summed E-state index contributed by atoms with van der Waals surface area (Å²) in [6, 6.07) is 1.42. The number of likely N-dealkylation sites (tertiary alicyclic amines) is 1. The van der Waals surface area contributed by atoms with Gasteiger partial charge in [0.15, 0.2) is 0 Å². The van der Waals surface area contributed by atoms with Crippen LogP contribution in [-0.4, -0.2) is 60.0 Å². The van der Waals surface area contributed by atoms with Gasteiger partial charge in [-0.05, 0) is 72.0 Å². The van der Waals surface area contributed by atoms with Crippen LogP contribution in [0.1, 0.15) is 59.3 Å². The molecule has 2 rings (SSSR count). The fourth-order valence-electron chi connectivity index (χ4n) is 4.02. The highest BCUT2D eigenvalue weighted by Gasteiger charge is 2.31. The van der Waals surface area contributed by atoms with E-state index < -0.39 is 0 Å². The molecule has 0 aliphatic carbocycles. The number of carbonyl (C=O) groups excluding carboxylic acids is 1. The van der Waals surface area contributed by atoms with Crippen molar-refractivity contribution >= 4 is 5.91 Å². The van der Waals surface area contributed by atoms with Gasteiger partial charge in [0.05, 0.1) is 6.54 Å². The SMILES string of the molecule is CCCN(CC(=O)N1C(C)CCCC1C)C1CCNCC1. The number of rotatable bonds is 5. The number of hydrogen-bond acceptors (Lipinski definition) is 3. The Morgan fingerprint density at radius 2 is 1.76 bits per heavy atom. The lowest BCUT2D eigenvalue weighted by atomic mass is 9.97. The molecule has 0 aromatic heterocycles. The molecule has 2 saturated heterocycles. The highest BCUT2D eigenvalue weighted by Crippen LogP contribution is 2.23. The third kappa shape index (κ3) is 4.43. The largest absolute Gasteiger partial charge is 0.336 e. The number of carbonyl (C=O) groups is 1. The second kappa shape index (κ2) is 8.14. The van der Waals surface area contributed by atoms with Crippen molar-refractivity contribution in [1.82, 2.24) is 15.1 Å². The van der Waals surface area contributed by atoms with E-state index in [1.54, 1.807) is 0 Å². The third-order valence-corrected chi connectivity index (χ3v) is 5.16. The Bertz CT molecular complexity index is 318. The summed E-state index contributed by atoms with van der Waals surface area (Å²) in [6.07, 6.45) is 7.08. The van der Waals surface area contributed by atoms with Crippen LogP contribution in [0, 0.1) is 0 Å². The Balaban J connectivity index is 1.96. The Kier molecular flexibility index (Phi) is 6.49. The molecule has 2 unspecified atom stereocenters. The van der Waals surface area contributed by atoms with Gasteiger partial charge in [-0.15, -0.1) is 0 Å². The monoisotopic (exact) mass is 295 g/mol. The minimum atomic E-state index is 0.349. The molecular formula is C17H33N3O. The number of amides is 1. The Hall–Kier alpha value is -0.610. The molecule has 0 bridgehead atoms. The van der Waals surface area contributed by atoms with E-state index >= 15 is 0 Å². The lowest BCUT2D eigenvalue weighted by molar-refractivity contribution is -0.139. The molecule has 0 aromatic rings. The van der Waals surface area contributed by atoms with Crippen molar-refractivity contribution in [2.75, 3.05) is 26.2 Å². The molecule has 2 fully saturated rings. The van der Waals surface area contributed by atoms with E-state index in [4.69, 9.17) is 0 Å². The van der Waals surface area contributed by atoms with Crippen LogP contribution in [0.5, 0.6) is 0 Å². The highest BCUT2D eigenvalue weighted by atomic mass is 16.2. The first kappa shape index (κ1) is 16.8. The van der Waals surface area contributed by atoms with Gasteiger partial charge in [-0.2, -0.15) is 0 Å². The van der Waals surface area contributed by atoms with Gasteiger partial charge in [0.25, 0.3) is 0 Å². The average Bonchev–Trinajstić information content (AvgIpc) is 2.47. The van der Waals surface area contributed by atoms with Gasteiger partial charge in [-0.3, -0.25) is 9.69 Å². The zero-order valence-corrected chi connectivity index (χ0v) is 14.1. The molecule has 0 aromatic carbocycles. The zero-order chi connectivity index (χ0) is 15.2. The van der Waals surface area contributed by atoms with Crippen molar-refractivity contribution in [2.45, 2.75) is 77.4 Å². The molecule has 0 spiro atoms. The van der Waals surface area contributed by atoms with Gasteiger partial charge in [0.2, 0.25) is 5.91 Å². The summed E-state index contributed by atoms with van der Waals surface area (Å²) in [5.74, 6) is 0.349. The van der Waals surface area contributed by atoms with Crippen molar-refractivity contribution in [3.05, 3.63) is 0 Å². The van der Waals surface area contributed by atoms with E-state index in [-0.39, 0.29) is 0 Å². The van der Waals surface area contributed by atoms with Gasteiger partial charge in [0.1, 0.15) is 0 Å². The minimum absolute atomic E-state index is 0.349. The highest BCUT2D eigenvalue weighted by molar-refractivity contribution is 5.79. The van der Waals surface area contributed by atoms with E-state index in [2.05, 4.69) is 35.9 Å². The van der Waals surface area contributed by atoms with Crippen molar-refractivity contribution in [3.63, 3.8) is 0 Å². The number of hydrogen-bond donors (Lipinski definition) is 1. The standard InChI is InChI=1S/C17H33N3O/c1-4-12-19(16-8-10-18-11-9-16)13-17(21)20-14(2)6-5-7-15(20)3/h14-16,18H,4-13H2,1-3H3. The molecule has 1 amide bonds. The average molecular weight is 295 g/mol. The molecule has 21 heavy (non-hydrogen) atoms. The quantitative estimate of drug-likeness (QED) is 0.845. The van der Waals surface area contributed by atoms with Gasteiger partial charge < -0.3 is 10.2 Å². The molecule has 0 saturated carbocycles. The van der Waals surface area contributed by atoms with E-state index in [1.807, 2.05) is 0 Å². The third-order valence-electron chi connectivity index (χ3n) is 5.16. The van der Waals surface area contributed by atoms with Crippen molar-refractivity contribution in [1.29, 1.82) is 0 Å². The van der Waals surface area contributed by atoms with Crippen LogP contribution in [-0.2, 0) is 4.79 Å². The predicted molar refractivity (Wildman–Crippen MR) is 87.4 cm³/mol. The molecule has 1 N–H and O–H groups in total. The summed E-state index contributed by atoms with van der Waals surface area (Å²) >= 11 is 0. The smallest absolute Gasteiger partial charge is 0.237 e. The second-order valence-corrected chi connectivity index (χ2v) is 6.88. The van der Waals surface area contributed by atoms with Gasteiger partial charge in [-0.1, -0.05) is 6.92 Å². The molecule has 4 heteroatoms. The second-order valence-electron chi connectivity index (χ2n) is 6.88. The van der Waals surface area contributed by atoms with Crippen LogP contribution in [0.3, 0.4) is 0 Å². The van der Waals surface area contributed by atoms with Crippen LogP contribution in [0.25, 0.3) is 0 Å². The Labute approximate surface area is 130 Å². The van der Waals surface area contributed by atoms with E-state index in [1.165, 1.54) is 19.3 Å². The number of nitrogens with zero attached hydrogens (tertiary/aromatic N) is 2. The predicted octanol–water partition coefficient (Wildman–Crippen LogP) is 2.24. The maximum absolute atomic E-state index is 12.8. The van der Waals surface area contributed by atoms with Crippen LogP contribution >= 0.6 is 0 Å². The first-order chi connectivity index (χ1) is 10.1. The summed E-state index contributed by atoms with van der Waals surface area (Å²) in [5, 5.41) is 3.42. The van der Waals surface area contributed by atoms with Crippen LogP contribution in [0.4, 0.5) is 0 Å². The first-order valence-electron chi connectivity index (χ1n) is 8.89. The van der Waals surface area contributed by atoms with Gasteiger partial charge >= 0.3 is 0 Å². The topological polar surface area (TPSA) is 35.6 Å². The van der Waals surface area contributed by atoms with Crippen molar-refractivity contribution in [3.8, 4) is 0 Å². The molecule has 2 aliphatic heterocycles. The van der Waals surface area contributed by atoms with Gasteiger partial charge in [0, 0.05) is 18.1 Å². The summed E-state index contributed by atoms with van der Waals surface area (Å²) in [6.45, 7) is 10.5. The van der Waals surface area contributed by atoms with Crippen LogP contribution in [0.2, 0.25) is 0 Å². The molecular weight excluding hydrogens is 262 g/mol. The Morgan fingerprint density at radius 1 is 1.14 bits per heavy atom.